The molecule has 32 heavy (non-hydrogen) atoms. The van der Waals surface area contributed by atoms with Crippen LogP contribution in [0, 0.1) is 5.82 Å². The molecule has 160 valence electrons. The van der Waals surface area contributed by atoms with Gasteiger partial charge in [0.05, 0.1) is 11.7 Å². The number of para-hydroxylation sites is 1. The summed E-state index contributed by atoms with van der Waals surface area (Å²) in [6, 6.07) is 14.7. The number of aromatic nitrogens is 3. The third kappa shape index (κ3) is 3.18. The van der Waals surface area contributed by atoms with Crippen molar-refractivity contribution < 1.29 is 9.18 Å². The molecule has 2 aliphatic rings. The Hall–Kier alpha value is -3.54. The van der Waals surface area contributed by atoms with Crippen LogP contribution in [-0.2, 0) is 17.6 Å². The average molecular weight is 426 g/mol. The summed E-state index contributed by atoms with van der Waals surface area (Å²) in [7, 11) is 0. The fourth-order valence-electron chi connectivity index (χ4n) is 5.30. The van der Waals surface area contributed by atoms with Crippen molar-refractivity contribution in [1.82, 2.24) is 19.9 Å². The quantitative estimate of drug-likeness (QED) is 0.500. The predicted molar refractivity (Wildman–Crippen MR) is 120 cm³/mol. The molecule has 0 aliphatic carbocycles. The van der Waals surface area contributed by atoms with Crippen molar-refractivity contribution in [3.8, 4) is 11.4 Å². The number of nitrogens with zero attached hydrogens (tertiary/aromatic N) is 3. The van der Waals surface area contributed by atoms with E-state index in [1.807, 2.05) is 24.5 Å². The zero-order valence-electron chi connectivity index (χ0n) is 17.6. The topological polar surface area (TPSA) is 61.9 Å². The van der Waals surface area contributed by atoms with Gasteiger partial charge >= 0.3 is 0 Å². The smallest absolute Gasteiger partial charge is 0.223 e. The monoisotopic (exact) mass is 426 g/mol. The minimum Gasteiger partial charge on any atom is -0.361 e. The van der Waals surface area contributed by atoms with Gasteiger partial charge in [0.1, 0.15) is 5.82 Å². The highest BCUT2D eigenvalue weighted by Crippen LogP contribution is 2.43. The second kappa shape index (κ2) is 7.55. The van der Waals surface area contributed by atoms with Gasteiger partial charge in [0.25, 0.3) is 0 Å². The molecule has 2 bridgehead atoms. The highest BCUT2D eigenvalue weighted by atomic mass is 19.1. The molecule has 1 amide bonds. The molecule has 2 aromatic heterocycles. The first-order valence-corrected chi connectivity index (χ1v) is 11.2. The Bertz CT molecular complexity index is 1310. The summed E-state index contributed by atoms with van der Waals surface area (Å²) >= 11 is 0. The Kier molecular flexibility index (Phi) is 4.52. The summed E-state index contributed by atoms with van der Waals surface area (Å²) in [6.07, 6.45) is 7.81. The minimum absolute atomic E-state index is 0.0569. The maximum atomic E-state index is 13.3. The van der Waals surface area contributed by atoms with E-state index < -0.39 is 0 Å². The van der Waals surface area contributed by atoms with Crippen LogP contribution in [0.3, 0.4) is 0 Å². The minimum atomic E-state index is -0.272. The van der Waals surface area contributed by atoms with Gasteiger partial charge < -0.3 is 9.88 Å². The number of carbonyl (C=O) groups is 1. The predicted octanol–water partition coefficient (Wildman–Crippen LogP) is 4.99. The molecule has 2 aliphatic heterocycles. The molecule has 0 radical (unpaired) electrons. The maximum absolute atomic E-state index is 13.3. The van der Waals surface area contributed by atoms with E-state index in [-0.39, 0.29) is 23.8 Å². The lowest BCUT2D eigenvalue weighted by atomic mass is 9.97. The van der Waals surface area contributed by atoms with E-state index in [4.69, 9.17) is 4.98 Å². The molecule has 1 saturated heterocycles. The summed E-state index contributed by atoms with van der Waals surface area (Å²) in [5.41, 5.74) is 5.18. The summed E-state index contributed by atoms with van der Waals surface area (Å²) < 4.78 is 13.3. The van der Waals surface area contributed by atoms with E-state index in [2.05, 4.69) is 27.0 Å². The van der Waals surface area contributed by atoms with Crippen molar-refractivity contribution in [2.45, 2.75) is 44.2 Å². The van der Waals surface area contributed by atoms with E-state index in [9.17, 15) is 9.18 Å². The molecule has 6 heteroatoms. The van der Waals surface area contributed by atoms with Crippen molar-refractivity contribution >= 4 is 16.8 Å². The Labute approximate surface area is 185 Å². The van der Waals surface area contributed by atoms with Crippen LogP contribution >= 0.6 is 0 Å². The largest absolute Gasteiger partial charge is 0.361 e. The number of nitrogens with one attached hydrogen (secondary N) is 1. The lowest BCUT2D eigenvalue weighted by Gasteiger charge is -2.36. The van der Waals surface area contributed by atoms with Gasteiger partial charge in [-0.15, -0.1) is 0 Å². The number of hydrogen-bond donors (Lipinski definition) is 1. The molecule has 0 saturated carbocycles. The Morgan fingerprint density at radius 3 is 2.84 bits per heavy atom. The van der Waals surface area contributed by atoms with Gasteiger partial charge in [0.2, 0.25) is 5.91 Å². The molecule has 0 spiro atoms. The summed E-state index contributed by atoms with van der Waals surface area (Å²) in [4.78, 5) is 28.0. The van der Waals surface area contributed by atoms with E-state index in [1.165, 1.54) is 23.1 Å². The number of fused-ring (bicyclic) bond motifs is 5. The van der Waals surface area contributed by atoms with Crippen LogP contribution in [0.5, 0.6) is 0 Å². The summed E-state index contributed by atoms with van der Waals surface area (Å²) in [5, 5.41) is 1.19. The number of rotatable bonds is 4. The Morgan fingerprint density at radius 2 is 1.97 bits per heavy atom. The van der Waals surface area contributed by atoms with E-state index in [0.29, 0.717) is 12.2 Å². The van der Waals surface area contributed by atoms with Gasteiger partial charge in [-0.25, -0.2) is 14.4 Å². The van der Waals surface area contributed by atoms with Crippen LogP contribution in [0.2, 0.25) is 0 Å². The number of halogens is 1. The van der Waals surface area contributed by atoms with Crippen molar-refractivity contribution in [3.63, 3.8) is 0 Å². The lowest BCUT2D eigenvalue weighted by Crippen LogP contribution is -2.42. The number of benzene rings is 2. The third-order valence-electron chi connectivity index (χ3n) is 6.86. The summed E-state index contributed by atoms with van der Waals surface area (Å²) in [6.45, 7) is 0. The number of H-pyrrole nitrogens is 1. The molecule has 4 aromatic rings. The van der Waals surface area contributed by atoms with Crippen molar-refractivity contribution in [2.24, 2.45) is 0 Å². The van der Waals surface area contributed by atoms with Crippen molar-refractivity contribution in [2.75, 3.05) is 0 Å². The van der Waals surface area contributed by atoms with E-state index >= 15 is 0 Å². The zero-order chi connectivity index (χ0) is 21.7. The molecule has 5 nitrogen and oxygen atoms in total. The molecule has 2 aromatic carbocycles. The average Bonchev–Trinajstić information content (AvgIpc) is 3.38. The first kappa shape index (κ1) is 19.2. The van der Waals surface area contributed by atoms with Crippen LogP contribution in [0.25, 0.3) is 22.3 Å². The molecular weight excluding hydrogens is 403 g/mol. The van der Waals surface area contributed by atoms with Crippen LogP contribution < -0.4 is 0 Å². The SMILES string of the molecule is O=C(CCc1c[nH]c2ccccc12)N1C2CCC1c1cnc(-c3ccc(F)cc3)nc1C2. The van der Waals surface area contributed by atoms with Gasteiger partial charge in [0.15, 0.2) is 5.82 Å². The van der Waals surface area contributed by atoms with Crippen LogP contribution in [0.15, 0.2) is 60.9 Å². The molecule has 2 unspecified atom stereocenters. The zero-order valence-corrected chi connectivity index (χ0v) is 17.6. The molecular formula is C26H23FN4O. The van der Waals surface area contributed by atoms with Gasteiger partial charge in [-0.2, -0.15) is 0 Å². The molecule has 1 fully saturated rings. The first-order chi connectivity index (χ1) is 15.7. The van der Waals surface area contributed by atoms with E-state index in [0.717, 1.165) is 48.0 Å². The van der Waals surface area contributed by atoms with Crippen LogP contribution in [0.4, 0.5) is 4.39 Å². The fraction of sp³-hybridized carbons (Fsp3) is 0.269. The van der Waals surface area contributed by atoms with Gasteiger partial charge in [-0.3, -0.25) is 4.79 Å². The normalized spacial score (nSPS) is 19.3. The molecule has 2 atom stereocenters. The third-order valence-corrected chi connectivity index (χ3v) is 6.86. The van der Waals surface area contributed by atoms with Crippen LogP contribution in [0.1, 0.15) is 42.1 Å². The lowest BCUT2D eigenvalue weighted by molar-refractivity contribution is -0.134. The first-order valence-electron chi connectivity index (χ1n) is 11.2. The highest BCUT2D eigenvalue weighted by Gasteiger charge is 2.43. The maximum Gasteiger partial charge on any atom is 0.223 e. The number of aryl methyl sites for hydroxylation is 1. The second-order valence-electron chi connectivity index (χ2n) is 8.71. The second-order valence-corrected chi connectivity index (χ2v) is 8.71. The van der Waals surface area contributed by atoms with Gasteiger partial charge in [-0.05, 0) is 55.2 Å². The number of hydrogen-bond acceptors (Lipinski definition) is 3. The molecule has 1 N–H and O–H groups in total. The number of amides is 1. The standard InChI is InChI=1S/C26H23FN4O/c27-18-8-5-16(6-9-18)26-29-15-21-23(30-26)13-19-10-11-24(21)31(19)25(32)12-7-17-14-28-22-4-2-1-3-20(17)22/h1-6,8-9,14-15,19,24,28H,7,10-13H2. The van der Waals surface area contributed by atoms with Crippen molar-refractivity contribution in [1.29, 1.82) is 0 Å². The summed E-state index contributed by atoms with van der Waals surface area (Å²) in [5.74, 6) is 0.546. The Morgan fingerprint density at radius 1 is 1.12 bits per heavy atom. The number of carbonyl (C=O) groups excluding carboxylic acids is 1. The molecule has 4 heterocycles. The van der Waals surface area contributed by atoms with Crippen molar-refractivity contribution in [3.05, 3.63) is 83.6 Å². The van der Waals surface area contributed by atoms with Crippen LogP contribution in [-0.4, -0.2) is 31.8 Å². The van der Waals surface area contributed by atoms with Gasteiger partial charge in [-0.1, -0.05) is 18.2 Å². The molecule has 6 rings (SSSR count). The fourth-order valence-corrected chi connectivity index (χ4v) is 5.30. The number of aromatic amines is 1. The van der Waals surface area contributed by atoms with E-state index in [1.54, 1.807) is 12.1 Å². The van der Waals surface area contributed by atoms with Gasteiger partial charge in [0, 0.05) is 53.3 Å². The highest BCUT2D eigenvalue weighted by molar-refractivity contribution is 5.84. The Balaban J connectivity index is 1.22.